The van der Waals surface area contributed by atoms with Crippen molar-refractivity contribution in [1.29, 1.82) is 0 Å². The van der Waals surface area contributed by atoms with E-state index in [1.807, 2.05) is 18.2 Å². The van der Waals surface area contributed by atoms with Crippen LogP contribution in [0.4, 0.5) is 0 Å². The summed E-state index contributed by atoms with van der Waals surface area (Å²) in [6, 6.07) is 32.5. The Balaban J connectivity index is 0.00000329. The van der Waals surface area contributed by atoms with Crippen molar-refractivity contribution in [2.24, 2.45) is 0 Å². The maximum absolute atomic E-state index is 10.9. The average molecular weight is 744 g/mol. The fourth-order valence-corrected chi connectivity index (χ4v) is 6.39. The van der Waals surface area contributed by atoms with Crippen LogP contribution in [0.15, 0.2) is 91.1 Å². The van der Waals surface area contributed by atoms with Crippen molar-refractivity contribution in [3.63, 3.8) is 0 Å². The van der Waals surface area contributed by atoms with Gasteiger partial charge in [0.05, 0.1) is 11.4 Å². The summed E-state index contributed by atoms with van der Waals surface area (Å²) in [7, 11) is 0. The van der Waals surface area contributed by atoms with Crippen molar-refractivity contribution in [2.75, 3.05) is 0 Å². The van der Waals surface area contributed by atoms with Crippen LogP contribution in [0.3, 0.4) is 0 Å². The van der Waals surface area contributed by atoms with E-state index in [4.69, 9.17) is 9.97 Å². The van der Waals surface area contributed by atoms with Gasteiger partial charge < -0.3 is 5.11 Å². The largest absolute Gasteiger partial charge is 0.507 e. The maximum atomic E-state index is 10.9. The zero-order valence-electron chi connectivity index (χ0n) is 24.8. The molecule has 0 spiro atoms. The second-order valence-electron chi connectivity index (χ2n) is 11.9. The second-order valence-corrected chi connectivity index (χ2v) is 11.9. The third kappa shape index (κ3) is 5.02. The summed E-state index contributed by atoms with van der Waals surface area (Å²) in [6.45, 7) is 8.99. The number of phenols is 1. The number of phenolic OH excluding ortho intramolecular Hbond substituents is 1. The molecule has 0 atom stereocenters. The fraction of sp³-hybridized carbons (Fsp3) is 0.211. The molecule has 2 heterocycles. The van der Waals surface area contributed by atoms with Crippen LogP contribution in [0, 0.1) is 6.07 Å². The van der Waals surface area contributed by atoms with Crippen LogP contribution in [0.5, 0.6) is 5.75 Å². The van der Waals surface area contributed by atoms with Gasteiger partial charge in [-0.25, -0.2) is 9.97 Å². The van der Waals surface area contributed by atoms with E-state index in [1.165, 1.54) is 16.8 Å². The summed E-state index contributed by atoms with van der Waals surface area (Å²) in [5.41, 5.74) is 10.4. The first-order valence-electron chi connectivity index (χ1n) is 14.8. The van der Waals surface area contributed by atoms with E-state index in [-0.39, 0.29) is 26.8 Å². The van der Waals surface area contributed by atoms with Gasteiger partial charge in [-0.1, -0.05) is 87.9 Å². The zero-order chi connectivity index (χ0) is 29.0. The minimum atomic E-state index is 0. The van der Waals surface area contributed by atoms with Crippen molar-refractivity contribution >= 4 is 10.8 Å². The first-order chi connectivity index (χ1) is 20.4. The van der Waals surface area contributed by atoms with Crippen LogP contribution in [0.1, 0.15) is 61.8 Å². The predicted octanol–water partition coefficient (Wildman–Crippen LogP) is 9.27. The van der Waals surface area contributed by atoms with Crippen LogP contribution in [0.2, 0.25) is 0 Å². The average Bonchev–Trinajstić information content (AvgIpc) is 3.45. The third-order valence-electron chi connectivity index (χ3n) is 8.50. The molecule has 0 aliphatic heterocycles. The van der Waals surface area contributed by atoms with Crippen molar-refractivity contribution in [2.45, 2.75) is 52.4 Å². The van der Waals surface area contributed by atoms with Crippen LogP contribution in [-0.2, 0) is 33.9 Å². The van der Waals surface area contributed by atoms with Crippen LogP contribution >= 0.6 is 0 Å². The molecule has 1 N–H and O–H groups in total. The molecule has 0 unspecified atom stereocenters. The number of hydrogen-bond acceptors (Lipinski definition) is 3. The Morgan fingerprint density at radius 3 is 2.21 bits per heavy atom. The zero-order valence-corrected chi connectivity index (χ0v) is 27.1. The molecule has 2 aromatic heterocycles. The van der Waals surface area contributed by atoms with Crippen molar-refractivity contribution in [3.05, 3.63) is 119 Å². The number of para-hydroxylation sites is 1. The van der Waals surface area contributed by atoms with Crippen LogP contribution in [-0.4, -0.2) is 19.6 Å². The van der Waals surface area contributed by atoms with Gasteiger partial charge in [0.15, 0.2) is 5.82 Å². The van der Waals surface area contributed by atoms with Gasteiger partial charge in [-0.05, 0) is 59.1 Å². The van der Waals surface area contributed by atoms with Gasteiger partial charge in [-0.3, -0.25) is 4.57 Å². The van der Waals surface area contributed by atoms with E-state index in [1.54, 1.807) is 6.07 Å². The van der Waals surface area contributed by atoms with E-state index in [0.717, 1.165) is 68.8 Å². The molecular formula is C38H34N3OPt-. The number of nitrogens with zero attached hydrogens (tertiary/aromatic N) is 3. The number of benzene rings is 4. The van der Waals surface area contributed by atoms with E-state index in [9.17, 15) is 5.11 Å². The minimum absolute atomic E-state index is 0. The van der Waals surface area contributed by atoms with Gasteiger partial charge in [-0.2, -0.15) is 0 Å². The molecule has 1 aliphatic carbocycles. The van der Waals surface area contributed by atoms with Crippen molar-refractivity contribution in [1.82, 2.24) is 14.5 Å². The number of aryl methyl sites for hydroxylation is 2. The van der Waals surface area contributed by atoms with Crippen molar-refractivity contribution < 1.29 is 26.2 Å². The number of fused-ring (bicyclic) bond motifs is 4. The maximum Gasteiger partial charge on any atom is 0.163 e. The molecule has 0 saturated heterocycles. The summed E-state index contributed by atoms with van der Waals surface area (Å²) in [6.07, 6.45) is 3.97. The smallest absolute Gasteiger partial charge is 0.163 e. The van der Waals surface area contributed by atoms with Gasteiger partial charge in [0.25, 0.3) is 0 Å². The van der Waals surface area contributed by atoms with E-state index < -0.39 is 0 Å². The third-order valence-corrected chi connectivity index (χ3v) is 8.50. The quantitative estimate of drug-likeness (QED) is 0.179. The molecule has 0 bridgehead atoms. The second kappa shape index (κ2) is 11.6. The fourth-order valence-electron chi connectivity index (χ4n) is 6.39. The van der Waals surface area contributed by atoms with E-state index in [0.29, 0.717) is 11.8 Å². The number of rotatable bonds is 5. The molecule has 0 radical (unpaired) electrons. The molecule has 7 rings (SSSR count). The van der Waals surface area contributed by atoms with E-state index in [2.05, 4.69) is 105 Å². The van der Waals surface area contributed by atoms with Crippen LogP contribution in [0.25, 0.3) is 50.5 Å². The van der Waals surface area contributed by atoms with Crippen LogP contribution < -0.4 is 0 Å². The Labute approximate surface area is 267 Å². The summed E-state index contributed by atoms with van der Waals surface area (Å²) in [4.78, 5) is 10.6. The molecule has 0 saturated carbocycles. The minimum Gasteiger partial charge on any atom is -0.507 e. The first-order valence-corrected chi connectivity index (χ1v) is 14.8. The molecule has 4 aromatic carbocycles. The Morgan fingerprint density at radius 1 is 0.744 bits per heavy atom. The number of imidazole rings is 1. The van der Waals surface area contributed by atoms with Gasteiger partial charge in [0.1, 0.15) is 11.4 Å². The Bertz CT molecular complexity index is 1940. The molecule has 5 heteroatoms. The monoisotopic (exact) mass is 743 g/mol. The molecular weight excluding hydrogens is 710 g/mol. The normalized spacial score (nSPS) is 12.3. The van der Waals surface area contributed by atoms with Gasteiger partial charge in [-0.15, -0.1) is 35.0 Å². The Hall–Kier alpha value is -4.01. The van der Waals surface area contributed by atoms with Gasteiger partial charge >= 0.3 is 0 Å². The van der Waals surface area contributed by atoms with Gasteiger partial charge in [0.2, 0.25) is 0 Å². The van der Waals surface area contributed by atoms with Gasteiger partial charge in [0, 0.05) is 38.5 Å². The number of aromatic hydroxyl groups is 1. The summed E-state index contributed by atoms with van der Waals surface area (Å²) in [5, 5.41) is 13.1. The molecule has 0 fully saturated rings. The van der Waals surface area contributed by atoms with Crippen molar-refractivity contribution in [3.8, 4) is 45.5 Å². The molecule has 4 nitrogen and oxygen atoms in total. The SMILES string of the molecule is CC(C)c1cccc(C(C)C)c1-n1cc(-c2cccc3ccc[c-]c23)nc1-c1ccc2c(n1)-c1c(O)cccc1CC2.[Pt]. The number of aromatic nitrogens is 3. The Kier molecular flexibility index (Phi) is 7.83. The molecule has 43 heavy (non-hydrogen) atoms. The standard InChI is InChI=1S/C38H34N3O.Pt/c1-23(2)28-14-9-15-29(24(3)4)37(28)41-22-33(31-16-7-11-25-10-5-6-13-30(25)31)40-38(41)32-21-20-27-19-18-26-12-8-17-34(42)35(26)36(27)39-32;/h5-12,14-17,20-24,42H,18-19H2,1-4H3;/q-1;. The molecule has 1 aliphatic rings. The summed E-state index contributed by atoms with van der Waals surface area (Å²) >= 11 is 0. The summed E-state index contributed by atoms with van der Waals surface area (Å²) in [5.74, 6) is 1.71. The first kappa shape index (κ1) is 29.1. The van der Waals surface area contributed by atoms with E-state index >= 15 is 0 Å². The molecule has 6 aromatic rings. The summed E-state index contributed by atoms with van der Waals surface area (Å²) < 4.78 is 2.26. The Morgan fingerprint density at radius 2 is 1.44 bits per heavy atom. The number of pyridine rings is 1. The molecule has 0 amide bonds. The topological polar surface area (TPSA) is 50.9 Å². The molecule has 218 valence electrons. The number of hydrogen-bond donors (Lipinski definition) is 1. The predicted molar refractivity (Wildman–Crippen MR) is 171 cm³/mol.